The third kappa shape index (κ3) is 4.43. The van der Waals surface area contributed by atoms with E-state index in [2.05, 4.69) is 48.3 Å². The van der Waals surface area contributed by atoms with E-state index in [0.717, 1.165) is 38.3 Å². The van der Waals surface area contributed by atoms with Crippen molar-refractivity contribution in [1.29, 1.82) is 0 Å². The maximum Gasteiger partial charge on any atom is 0.274 e. The Labute approximate surface area is 170 Å². The molecule has 6 heteroatoms. The summed E-state index contributed by atoms with van der Waals surface area (Å²) in [6.45, 7) is 9.96. The van der Waals surface area contributed by atoms with Crippen molar-refractivity contribution in [3.8, 4) is 11.5 Å². The van der Waals surface area contributed by atoms with Crippen LogP contribution in [0, 0.1) is 6.92 Å². The number of aryl methyl sites for hydroxylation is 1. The van der Waals surface area contributed by atoms with Crippen LogP contribution in [-0.4, -0.2) is 36.4 Å². The van der Waals surface area contributed by atoms with Gasteiger partial charge in [-0.1, -0.05) is 47.5 Å². The molecule has 0 radical (unpaired) electrons. The molecule has 0 bridgehead atoms. The van der Waals surface area contributed by atoms with Crippen LogP contribution in [0.3, 0.4) is 0 Å². The van der Waals surface area contributed by atoms with Crippen molar-refractivity contribution < 1.29 is 14.2 Å². The quantitative estimate of drug-likeness (QED) is 0.688. The highest BCUT2D eigenvalue weighted by Gasteiger charge is 2.31. The summed E-state index contributed by atoms with van der Waals surface area (Å²) in [7, 11) is 0. The third-order valence-electron chi connectivity index (χ3n) is 5.63. The van der Waals surface area contributed by atoms with Crippen LogP contribution < -0.4 is 9.80 Å². The monoisotopic (exact) mass is 398 g/mol. The van der Waals surface area contributed by atoms with Crippen LogP contribution in [0.5, 0.6) is 0 Å². The molecule has 1 aliphatic heterocycles. The first-order valence-corrected chi connectivity index (χ1v) is 10.3. The summed E-state index contributed by atoms with van der Waals surface area (Å²) < 4.78 is 5.97. The minimum absolute atomic E-state index is 0.195. The van der Waals surface area contributed by atoms with Gasteiger partial charge in [0.05, 0.1) is 0 Å². The molecule has 146 valence electrons. The van der Waals surface area contributed by atoms with E-state index in [-0.39, 0.29) is 6.04 Å². The Hall–Kier alpha value is -2.21. The lowest BCUT2D eigenvalue weighted by atomic mass is 10.1. The van der Waals surface area contributed by atoms with E-state index >= 15 is 0 Å². The molecular formula is C22H27ClN4O+2. The first-order valence-electron chi connectivity index (χ1n) is 9.91. The number of quaternary nitrogens is 2. The first kappa shape index (κ1) is 19.1. The lowest BCUT2D eigenvalue weighted by molar-refractivity contribution is -1.03. The molecule has 2 heterocycles. The van der Waals surface area contributed by atoms with E-state index in [0.29, 0.717) is 16.8 Å². The molecule has 3 aromatic rings. The number of benzene rings is 2. The fourth-order valence-electron chi connectivity index (χ4n) is 3.97. The standard InChI is InChI=1S/C22H25ClN4O/c1-16-5-3-6-18(13-16)15-26-9-11-27(12-10-26)17(2)21-24-25-22(28-21)19-7-4-8-20(23)14-19/h3-8,13-14,17H,9-12,15H2,1-2H3/p+2/t17-/m0/s1. The van der Waals surface area contributed by atoms with Crippen molar-refractivity contribution in [2.45, 2.75) is 26.4 Å². The molecule has 1 atom stereocenters. The molecule has 28 heavy (non-hydrogen) atoms. The van der Waals surface area contributed by atoms with Crippen molar-refractivity contribution in [2.75, 3.05) is 26.2 Å². The highest BCUT2D eigenvalue weighted by atomic mass is 35.5. The van der Waals surface area contributed by atoms with Crippen molar-refractivity contribution in [2.24, 2.45) is 0 Å². The van der Waals surface area contributed by atoms with Gasteiger partial charge in [-0.25, -0.2) is 0 Å². The molecule has 2 N–H and O–H groups in total. The summed E-state index contributed by atoms with van der Waals surface area (Å²) in [4.78, 5) is 3.15. The molecule has 1 fully saturated rings. The predicted octanol–water partition coefficient (Wildman–Crippen LogP) is 1.74. The molecule has 0 spiro atoms. The number of piperazine rings is 1. The van der Waals surface area contributed by atoms with Crippen LogP contribution in [0.2, 0.25) is 5.02 Å². The molecule has 1 saturated heterocycles. The summed E-state index contributed by atoms with van der Waals surface area (Å²) >= 11 is 6.07. The average molecular weight is 399 g/mol. The molecule has 0 saturated carbocycles. The normalized spacial score (nSPS) is 20.8. The predicted molar refractivity (Wildman–Crippen MR) is 109 cm³/mol. The molecule has 1 aliphatic rings. The maximum absolute atomic E-state index is 6.07. The number of nitrogens with one attached hydrogen (secondary N) is 2. The van der Waals surface area contributed by atoms with Gasteiger partial charge in [-0.05, 0) is 32.0 Å². The largest absolute Gasteiger partial charge is 0.415 e. The number of rotatable bonds is 5. The van der Waals surface area contributed by atoms with Gasteiger partial charge < -0.3 is 14.2 Å². The van der Waals surface area contributed by atoms with E-state index in [1.165, 1.54) is 16.0 Å². The number of nitrogens with zero attached hydrogens (tertiary/aromatic N) is 2. The van der Waals surface area contributed by atoms with Crippen LogP contribution >= 0.6 is 11.6 Å². The summed E-state index contributed by atoms with van der Waals surface area (Å²) in [5.41, 5.74) is 3.62. The maximum atomic E-state index is 6.07. The zero-order valence-electron chi connectivity index (χ0n) is 16.4. The summed E-state index contributed by atoms with van der Waals surface area (Å²) in [6, 6.07) is 16.6. The SMILES string of the molecule is Cc1cccc(C[NH+]2CC[NH+]([C@@H](C)c3nnc(-c4cccc(Cl)c4)o3)CC2)c1. The van der Waals surface area contributed by atoms with Crippen LogP contribution in [-0.2, 0) is 6.54 Å². The first-order chi connectivity index (χ1) is 13.6. The van der Waals surface area contributed by atoms with Crippen LogP contribution in [0.1, 0.15) is 30.0 Å². The van der Waals surface area contributed by atoms with Crippen molar-refractivity contribution in [3.05, 3.63) is 70.6 Å². The third-order valence-corrected chi connectivity index (χ3v) is 5.87. The summed E-state index contributed by atoms with van der Waals surface area (Å²) in [6.07, 6.45) is 0. The summed E-state index contributed by atoms with van der Waals surface area (Å²) in [5.74, 6) is 1.24. The van der Waals surface area contributed by atoms with Crippen molar-refractivity contribution in [1.82, 2.24) is 10.2 Å². The Morgan fingerprint density at radius 1 is 1.04 bits per heavy atom. The zero-order valence-corrected chi connectivity index (χ0v) is 17.2. The molecular weight excluding hydrogens is 372 g/mol. The fourth-order valence-corrected chi connectivity index (χ4v) is 4.16. The smallest absolute Gasteiger partial charge is 0.274 e. The minimum atomic E-state index is 0.195. The molecule has 4 rings (SSSR count). The number of halogens is 1. The van der Waals surface area contributed by atoms with Gasteiger partial charge in [0.15, 0.2) is 6.04 Å². The Balaban J connectivity index is 1.36. The van der Waals surface area contributed by atoms with Gasteiger partial charge in [0.1, 0.15) is 32.7 Å². The van der Waals surface area contributed by atoms with Crippen LogP contribution in [0.4, 0.5) is 0 Å². The lowest BCUT2D eigenvalue weighted by Crippen LogP contribution is -3.27. The van der Waals surface area contributed by atoms with E-state index < -0.39 is 0 Å². The van der Waals surface area contributed by atoms with Crippen molar-refractivity contribution in [3.63, 3.8) is 0 Å². The molecule has 0 aliphatic carbocycles. The molecule has 1 aromatic heterocycles. The second-order valence-corrected chi connectivity index (χ2v) is 8.19. The number of hydrogen-bond donors (Lipinski definition) is 2. The van der Waals surface area contributed by atoms with Crippen LogP contribution in [0.25, 0.3) is 11.5 Å². The molecule has 0 amide bonds. The van der Waals surface area contributed by atoms with Gasteiger partial charge >= 0.3 is 0 Å². The number of aromatic nitrogens is 2. The minimum Gasteiger partial charge on any atom is -0.415 e. The Morgan fingerprint density at radius 2 is 1.82 bits per heavy atom. The summed E-state index contributed by atoms with van der Waals surface area (Å²) in [5, 5.41) is 9.21. The number of hydrogen-bond acceptors (Lipinski definition) is 3. The second kappa shape index (κ2) is 8.43. The fraction of sp³-hybridized carbons (Fsp3) is 0.364. The van der Waals surface area contributed by atoms with Gasteiger partial charge in [-0.15, -0.1) is 10.2 Å². The lowest BCUT2D eigenvalue weighted by Gasteiger charge is -2.32. The Morgan fingerprint density at radius 3 is 2.57 bits per heavy atom. The van der Waals surface area contributed by atoms with Crippen molar-refractivity contribution >= 4 is 11.6 Å². The van der Waals surface area contributed by atoms with Gasteiger partial charge in [0.25, 0.3) is 5.89 Å². The van der Waals surface area contributed by atoms with E-state index in [1.54, 1.807) is 4.90 Å². The van der Waals surface area contributed by atoms with Gasteiger partial charge in [-0.2, -0.15) is 0 Å². The second-order valence-electron chi connectivity index (χ2n) is 7.75. The molecule has 5 nitrogen and oxygen atoms in total. The molecule has 0 unspecified atom stereocenters. The highest BCUT2D eigenvalue weighted by Crippen LogP contribution is 2.22. The van der Waals surface area contributed by atoms with E-state index in [9.17, 15) is 0 Å². The zero-order chi connectivity index (χ0) is 19.5. The van der Waals surface area contributed by atoms with E-state index in [1.807, 2.05) is 24.3 Å². The molecule has 2 aromatic carbocycles. The average Bonchev–Trinajstić information content (AvgIpc) is 3.18. The Bertz CT molecular complexity index is 934. The topological polar surface area (TPSA) is 47.8 Å². The van der Waals surface area contributed by atoms with E-state index in [4.69, 9.17) is 16.0 Å². The Kier molecular flexibility index (Phi) is 5.76. The van der Waals surface area contributed by atoms with Gasteiger partial charge in [0, 0.05) is 16.1 Å². The van der Waals surface area contributed by atoms with Crippen LogP contribution in [0.15, 0.2) is 52.9 Å². The highest BCUT2D eigenvalue weighted by molar-refractivity contribution is 6.30. The van der Waals surface area contributed by atoms with Gasteiger partial charge in [0.2, 0.25) is 5.89 Å². The van der Waals surface area contributed by atoms with Gasteiger partial charge in [-0.3, -0.25) is 0 Å².